The molecule has 0 aliphatic rings. The standard InChI is InChI=1S/C16H16F3N3O3S2/c1-11(14-7-4-8-26-14)20-21-15(23)10-22(27(2,24)25)13-6-3-5-12(9-13)16(17,18)19/h3-9H,10H2,1-2H3,(H,21,23)/b20-11+. The van der Waals surface area contributed by atoms with Crippen LogP contribution < -0.4 is 9.73 Å². The van der Waals surface area contributed by atoms with Crippen LogP contribution in [0, 0.1) is 0 Å². The van der Waals surface area contributed by atoms with Gasteiger partial charge in [-0.05, 0) is 36.6 Å². The maximum atomic E-state index is 12.9. The van der Waals surface area contributed by atoms with Gasteiger partial charge in [0.05, 0.1) is 23.2 Å². The quantitative estimate of drug-likeness (QED) is 0.577. The second-order valence-corrected chi connectivity index (χ2v) is 8.38. The molecular formula is C16H16F3N3O3S2. The van der Waals surface area contributed by atoms with Gasteiger partial charge in [0.2, 0.25) is 10.0 Å². The Balaban J connectivity index is 2.21. The average molecular weight is 419 g/mol. The minimum absolute atomic E-state index is 0.263. The van der Waals surface area contributed by atoms with E-state index in [9.17, 15) is 26.4 Å². The number of nitrogens with zero attached hydrogens (tertiary/aromatic N) is 2. The molecule has 0 aliphatic carbocycles. The van der Waals surface area contributed by atoms with Gasteiger partial charge in [-0.25, -0.2) is 13.8 Å². The van der Waals surface area contributed by atoms with Gasteiger partial charge in [-0.2, -0.15) is 18.3 Å². The second-order valence-electron chi connectivity index (χ2n) is 5.53. The number of nitrogens with one attached hydrogen (secondary N) is 1. The number of sulfonamides is 1. The SMILES string of the molecule is C/C(=N\NC(=O)CN(c1cccc(C(F)(F)F)c1)S(C)(=O)=O)c1cccs1. The third kappa shape index (κ3) is 5.79. The molecule has 6 nitrogen and oxygen atoms in total. The van der Waals surface area contributed by atoms with Crippen molar-refractivity contribution in [3.05, 3.63) is 52.2 Å². The number of anilines is 1. The number of hydrazone groups is 1. The van der Waals surface area contributed by atoms with Gasteiger partial charge in [0.15, 0.2) is 0 Å². The van der Waals surface area contributed by atoms with E-state index >= 15 is 0 Å². The summed E-state index contributed by atoms with van der Waals surface area (Å²) in [6.45, 7) is 0.953. The van der Waals surface area contributed by atoms with E-state index in [1.54, 1.807) is 19.1 Å². The van der Waals surface area contributed by atoms with Gasteiger partial charge in [0, 0.05) is 4.88 Å². The lowest BCUT2D eigenvalue weighted by molar-refractivity contribution is -0.137. The molecule has 1 N–H and O–H groups in total. The Bertz CT molecular complexity index is 939. The van der Waals surface area contributed by atoms with E-state index < -0.39 is 34.2 Å². The fourth-order valence-corrected chi connectivity index (χ4v) is 3.61. The van der Waals surface area contributed by atoms with Gasteiger partial charge < -0.3 is 0 Å². The number of rotatable bonds is 6. The first-order valence-electron chi connectivity index (χ1n) is 7.50. The highest BCUT2D eigenvalue weighted by atomic mass is 32.2. The smallest absolute Gasteiger partial charge is 0.271 e. The normalized spacial score (nSPS) is 12.7. The molecule has 0 fully saturated rings. The minimum Gasteiger partial charge on any atom is -0.271 e. The van der Waals surface area contributed by atoms with Crippen molar-refractivity contribution in [2.75, 3.05) is 17.1 Å². The molecule has 0 bridgehead atoms. The summed E-state index contributed by atoms with van der Waals surface area (Å²) in [5.41, 5.74) is 1.46. The zero-order chi connectivity index (χ0) is 20.2. The Kier molecular flexibility index (Phi) is 6.26. The van der Waals surface area contributed by atoms with Crippen LogP contribution in [0.5, 0.6) is 0 Å². The van der Waals surface area contributed by atoms with Crippen LogP contribution in [0.15, 0.2) is 46.9 Å². The molecule has 0 saturated carbocycles. The van der Waals surface area contributed by atoms with Gasteiger partial charge >= 0.3 is 6.18 Å². The molecular weight excluding hydrogens is 403 g/mol. The van der Waals surface area contributed by atoms with E-state index in [2.05, 4.69) is 10.5 Å². The summed E-state index contributed by atoms with van der Waals surface area (Å²) >= 11 is 1.41. The molecule has 1 aromatic heterocycles. The molecule has 1 aromatic carbocycles. The molecule has 2 aromatic rings. The fourth-order valence-electron chi connectivity index (χ4n) is 2.09. The van der Waals surface area contributed by atoms with Crippen molar-refractivity contribution < 1.29 is 26.4 Å². The van der Waals surface area contributed by atoms with E-state index in [0.717, 1.165) is 23.3 Å². The van der Waals surface area contributed by atoms with Crippen molar-refractivity contribution in [1.29, 1.82) is 0 Å². The molecule has 0 unspecified atom stereocenters. The molecule has 11 heteroatoms. The molecule has 1 heterocycles. The molecule has 146 valence electrons. The average Bonchev–Trinajstić information content (AvgIpc) is 3.10. The Labute approximate surface area is 158 Å². The zero-order valence-corrected chi connectivity index (χ0v) is 16.0. The Hall–Kier alpha value is -2.40. The van der Waals surface area contributed by atoms with Crippen LogP contribution in [-0.4, -0.2) is 32.8 Å². The van der Waals surface area contributed by atoms with Crippen LogP contribution >= 0.6 is 11.3 Å². The third-order valence-corrected chi connectivity index (χ3v) is 5.49. The van der Waals surface area contributed by atoms with Crippen LogP contribution in [0.1, 0.15) is 17.4 Å². The summed E-state index contributed by atoms with van der Waals surface area (Å²) < 4.78 is 63.2. The van der Waals surface area contributed by atoms with Crippen LogP contribution in [0.25, 0.3) is 0 Å². The van der Waals surface area contributed by atoms with E-state index in [4.69, 9.17) is 0 Å². The summed E-state index contributed by atoms with van der Waals surface area (Å²) in [4.78, 5) is 12.9. The zero-order valence-electron chi connectivity index (χ0n) is 14.3. The van der Waals surface area contributed by atoms with Crippen molar-refractivity contribution >= 4 is 38.7 Å². The molecule has 0 saturated heterocycles. The largest absolute Gasteiger partial charge is 0.416 e. The van der Waals surface area contributed by atoms with Crippen LogP contribution in [0.3, 0.4) is 0 Å². The lowest BCUT2D eigenvalue weighted by Crippen LogP contribution is -2.39. The molecule has 2 rings (SSSR count). The maximum absolute atomic E-state index is 12.9. The van der Waals surface area contributed by atoms with E-state index in [-0.39, 0.29) is 5.69 Å². The lowest BCUT2D eigenvalue weighted by Gasteiger charge is -2.22. The number of halogens is 3. The number of benzene rings is 1. The Morgan fingerprint density at radius 3 is 2.52 bits per heavy atom. The predicted octanol–water partition coefficient (Wildman–Crippen LogP) is 3.07. The first-order valence-corrected chi connectivity index (χ1v) is 10.2. The number of carbonyl (C=O) groups is 1. The number of hydrogen-bond donors (Lipinski definition) is 1. The van der Waals surface area contributed by atoms with E-state index in [0.29, 0.717) is 16.1 Å². The van der Waals surface area contributed by atoms with Crippen LogP contribution in [0.2, 0.25) is 0 Å². The van der Waals surface area contributed by atoms with E-state index in [1.165, 1.54) is 17.4 Å². The molecule has 1 amide bonds. The van der Waals surface area contributed by atoms with Crippen LogP contribution in [0.4, 0.5) is 18.9 Å². The van der Waals surface area contributed by atoms with Gasteiger partial charge in [-0.15, -0.1) is 11.3 Å². The molecule has 0 aliphatic heterocycles. The number of alkyl halides is 3. The maximum Gasteiger partial charge on any atom is 0.416 e. The monoisotopic (exact) mass is 419 g/mol. The molecule has 0 atom stereocenters. The number of thiophene rings is 1. The summed E-state index contributed by atoms with van der Waals surface area (Å²) in [5, 5.41) is 5.71. The lowest BCUT2D eigenvalue weighted by atomic mass is 10.2. The van der Waals surface area contributed by atoms with Crippen molar-refractivity contribution in [2.45, 2.75) is 13.1 Å². The van der Waals surface area contributed by atoms with Crippen molar-refractivity contribution in [2.24, 2.45) is 5.10 Å². The topological polar surface area (TPSA) is 78.8 Å². The van der Waals surface area contributed by atoms with E-state index in [1.807, 2.05) is 5.38 Å². The molecule has 27 heavy (non-hydrogen) atoms. The summed E-state index contributed by atoms with van der Waals surface area (Å²) in [6, 6.07) is 7.35. The molecule has 0 radical (unpaired) electrons. The summed E-state index contributed by atoms with van der Waals surface area (Å²) in [7, 11) is -4.00. The van der Waals surface area contributed by atoms with Crippen LogP contribution in [-0.2, 0) is 21.0 Å². The first-order chi connectivity index (χ1) is 12.5. The number of carbonyl (C=O) groups excluding carboxylic acids is 1. The highest BCUT2D eigenvalue weighted by molar-refractivity contribution is 7.92. The Morgan fingerprint density at radius 2 is 1.96 bits per heavy atom. The van der Waals surface area contributed by atoms with Crippen molar-refractivity contribution in [3.63, 3.8) is 0 Å². The second kappa shape index (κ2) is 8.09. The fraction of sp³-hybridized carbons (Fsp3) is 0.250. The third-order valence-electron chi connectivity index (χ3n) is 3.38. The van der Waals surface area contributed by atoms with Crippen molar-refractivity contribution in [3.8, 4) is 0 Å². The molecule has 0 spiro atoms. The minimum atomic E-state index is -4.64. The van der Waals surface area contributed by atoms with Gasteiger partial charge in [-0.3, -0.25) is 9.10 Å². The highest BCUT2D eigenvalue weighted by Gasteiger charge is 2.32. The predicted molar refractivity (Wildman–Crippen MR) is 98.3 cm³/mol. The Morgan fingerprint density at radius 1 is 1.26 bits per heavy atom. The first kappa shape index (κ1) is 20.9. The van der Waals surface area contributed by atoms with Gasteiger partial charge in [-0.1, -0.05) is 12.1 Å². The summed E-state index contributed by atoms with van der Waals surface area (Å²) in [6.07, 6.45) is -3.83. The van der Waals surface area contributed by atoms with Gasteiger partial charge in [0.1, 0.15) is 6.54 Å². The summed E-state index contributed by atoms with van der Waals surface area (Å²) in [5.74, 6) is -0.784. The highest BCUT2D eigenvalue weighted by Crippen LogP contribution is 2.32. The van der Waals surface area contributed by atoms with Crippen molar-refractivity contribution in [1.82, 2.24) is 5.43 Å². The number of hydrogen-bond acceptors (Lipinski definition) is 5. The van der Waals surface area contributed by atoms with Gasteiger partial charge in [0.25, 0.3) is 5.91 Å². The number of amides is 1.